The van der Waals surface area contributed by atoms with E-state index >= 15 is 0 Å². The number of amides is 2. The Kier molecular flexibility index (Phi) is 4.58. The third kappa shape index (κ3) is 3.22. The van der Waals surface area contributed by atoms with Gasteiger partial charge in [0.15, 0.2) is 0 Å². The average Bonchev–Trinajstić information content (AvgIpc) is 2.96. The number of aromatic amines is 1. The summed E-state index contributed by atoms with van der Waals surface area (Å²) in [7, 11) is 0. The number of dihydropyridines is 1. The van der Waals surface area contributed by atoms with Crippen molar-refractivity contribution in [1.82, 2.24) is 20.1 Å². The van der Waals surface area contributed by atoms with Gasteiger partial charge in [0.1, 0.15) is 5.65 Å². The van der Waals surface area contributed by atoms with Crippen LogP contribution >= 0.6 is 0 Å². The molecule has 1 aliphatic rings. The first-order valence-electron chi connectivity index (χ1n) is 8.44. The minimum absolute atomic E-state index is 0.0372. The summed E-state index contributed by atoms with van der Waals surface area (Å²) in [5.74, 6) is -1.18. The van der Waals surface area contributed by atoms with Crippen LogP contribution in [0.25, 0.3) is 11.0 Å². The van der Waals surface area contributed by atoms with Crippen molar-refractivity contribution in [1.29, 1.82) is 0 Å². The van der Waals surface area contributed by atoms with Gasteiger partial charge >= 0.3 is 0 Å². The van der Waals surface area contributed by atoms with Crippen LogP contribution in [-0.2, 0) is 4.79 Å². The molecule has 0 radical (unpaired) electrons. The Morgan fingerprint density at radius 1 is 1.35 bits per heavy atom. The fourth-order valence-electron chi connectivity index (χ4n) is 3.07. The first-order chi connectivity index (χ1) is 12.3. The van der Waals surface area contributed by atoms with Gasteiger partial charge in [0.05, 0.1) is 23.1 Å². The summed E-state index contributed by atoms with van der Waals surface area (Å²) in [6, 6.07) is 1.28. The zero-order valence-corrected chi connectivity index (χ0v) is 15.2. The monoisotopic (exact) mass is 355 g/mol. The number of rotatable bonds is 4. The van der Waals surface area contributed by atoms with Gasteiger partial charge < -0.3 is 10.3 Å². The number of aromatic nitrogens is 3. The minimum atomic E-state index is -0.487. The topological polar surface area (TPSA) is 109 Å². The summed E-state index contributed by atoms with van der Waals surface area (Å²) < 4.78 is 1.66. The molecule has 0 aliphatic carbocycles. The zero-order chi connectivity index (χ0) is 19.0. The highest BCUT2D eigenvalue weighted by Crippen LogP contribution is 2.19. The van der Waals surface area contributed by atoms with Crippen LogP contribution in [0.3, 0.4) is 0 Å². The number of pyridine rings is 1. The second kappa shape index (κ2) is 6.70. The fraction of sp³-hybridized carbons (Fsp3) is 0.389. The highest BCUT2D eigenvalue weighted by atomic mass is 16.2. The quantitative estimate of drug-likeness (QED) is 0.868. The summed E-state index contributed by atoms with van der Waals surface area (Å²) in [5.41, 5.74) is 1.87. The van der Waals surface area contributed by atoms with Crippen molar-refractivity contribution in [2.75, 3.05) is 6.54 Å². The molecule has 0 bridgehead atoms. The van der Waals surface area contributed by atoms with Gasteiger partial charge in [-0.15, -0.1) is 0 Å². The van der Waals surface area contributed by atoms with E-state index < -0.39 is 11.8 Å². The maximum atomic E-state index is 12.6. The molecule has 1 unspecified atom stereocenters. The number of carbonyl (C=O) groups is 2. The molecule has 3 rings (SSSR count). The number of nitrogens with one attached hydrogen (secondary N) is 2. The average molecular weight is 355 g/mol. The summed E-state index contributed by atoms with van der Waals surface area (Å²) in [4.78, 5) is 43.3. The lowest BCUT2D eigenvalue weighted by molar-refractivity contribution is -0.120. The van der Waals surface area contributed by atoms with Crippen LogP contribution in [0.15, 0.2) is 33.7 Å². The summed E-state index contributed by atoms with van der Waals surface area (Å²) >= 11 is 0. The molecule has 26 heavy (non-hydrogen) atoms. The van der Waals surface area contributed by atoms with Gasteiger partial charge in [-0.3, -0.25) is 14.4 Å². The van der Waals surface area contributed by atoms with E-state index in [0.717, 1.165) is 5.57 Å². The highest BCUT2D eigenvalue weighted by molar-refractivity contribution is 6.07. The van der Waals surface area contributed by atoms with Crippen molar-refractivity contribution in [3.8, 4) is 0 Å². The normalized spacial score (nSPS) is 17.4. The third-order valence-corrected chi connectivity index (χ3v) is 4.37. The van der Waals surface area contributed by atoms with Crippen molar-refractivity contribution in [3.05, 3.63) is 39.8 Å². The van der Waals surface area contributed by atoms with E-state index in [0.29, 0.717) is 16.7 Å². The first-order valence-corrected chi connectivity index (χ1v) is 8.44. The molecule has 0 saturated heterocycles. The number of carbonyl (C=O) groups excluding carboxylic acids is 2. The number of nitrogens with zero attached hydrogens (tertiary/aromatic N) is 3. The van der Waals surface area contributed by atoms with E-state index in [9.17, 15) is 14.4 Å². The van der Waals surface area contributed by atoms with Gasteiger partial charge in [-0.1, -0.05) is 5.57 Å². The Morgan fingerprint density at radius 2 is 2.08 bits per heavy atom. The molecule has 8 heteroatoms. The van der Waals surface area contributed by atoms with Crippen LogP contribution in [0.2, 0.25) is 0 Å². The SMILES string of the molecule is CC1=CC(C)=NC(=O)C1CNC(=O)c1cc(=O)[nH]c2c1cnn2C(C)C. The number of allylic oxidation sites excluding steroid dienone is 1. The molecule has 0 saturated carbocycles. The summed E-state index contributed by atoms with van der Waals surface area (Å²) in [5, 5.41) is 7.55. The summed E-state index contributed by atoms with van der Waals surface area (Å²) in [6.07, 6.45) is 3.39. The maximum Gasteiger partial charge on any atom is 0.254 e. The minimum Gasteiger partial charge on any atom is -0.351 e. The molecule has 136 valence electrons. The van der Waals surface area contributed by atoms with Crippen molar-refractivity contribution in [2.24, 2.45) is 10.9 Å². The predicted octanol–water partition coefficient (Wildman–Crippen LogP) is 1.60. The second-order valence-electron chi connectivity index (χ2n) is 6.73. The van der Waals surface area contributed by atoms with Crippen LogP contribution in [0, 0.1) is 5.92 Å². The van der Waals surface area contributed by atoms with Gasteiger partial charge in [-0.05, 0) is 33.8 Å². The Labute approximate surface area is 150 Å². The molecular formula is C18H21N5O3. The molecule has 2 aromatic rings. The lowest BCUT2D eigenvalue weighted by Crippen LogP contribution is -2.35. The molecule has 0 spiro atoms. The predicted molar refractivity (Wildman–Crippen MR) is 98.4 cm³/mol. The van der Waals surface area contributed by atoms with Gasteiger partial charge in [0.25, 0.3) is 11.8 Å². The Hall–Kier alpha value is -3.03. The van der Waals surface area contributed by atoms with Crippen LogP contribution < -0.4 is 10.9 Å². The van der Waals surface area contributed by atoms with Gasteiger partial charge in [0.2, 0.25) is 5.56 Å². The number of fused-ring (bicyclic) bond motifs is 1. The highest BCUT2D eigenvalue weighted by Gasteiger charge is 2.25. The van der Waals surface area contributed by atoms with E-state index in [1.54, 1.807) is 17.8 Å². The summed E-state index contributed by atoms with van der Waals surface area (Å²) in [6.45, 7) is 7.59. The molecule has 1 aliphatic heterocycles. The molecule has 2 N–H and O–H groups in total. The standard InChI is InChI=1S/C18H21N5O3/c1-9(2)23-16-14(8-20-23)12(6-15(24)22-16)17(25)19-7-13-10(3)5-11(4)21-18(13)26/h5-6,8-9,13H,7H2,1-4H3,(H,19,25)(H,22,24). The molecule has 0 fully saturated rings. The number of hydrogen-bond donors (Lipinski definition) is 2. The number of H-pyrrole nitrogens is 1. The first kappa shape index (κ1) is 17.8. The molecular weight excluding hydrogens is 334 g/mol. The number of aliphatic imine (C=N–C) groups is 1. The van der Waals surface area contributed by atoms with Crippen molar-refractivity contribution in [2.45, 2.75) is 33.7 Å². The lowest BCUT2D eigenvalue weighted by atomic mass is 9.95. The molecule has 0 aromatic carbocycles. The molecule has 3 heterocycles. The largest absolute Gasteiger partial charge is 0.351 e. The third-order valence-electron chi connectivity index (χ3n) is 4.37. The van der Waals surface area contributed by atoms with E-state index in [-0.39, 0.29) is 29.6 Å². The van der Waals surface area contributed by atoms with E-state index in [4.69, 9.17) is 0 Å². The van der Waals surface area contributed by atoms with E-state index in [1.165, 1.54) is 6.07 Å². The van der Waals surface area contributed by atoms with Crippen LogP contribution in [0.1, 0.15) is 44.1 Å². The van der Waals surface area contributed by atoms with Gasteiger partial charge in [-0.25, -0.2) is 9.67 Å². The smallest absolute Gasteiger partial charge is 0.254 e. The molecule has 8 nitrogen and oxygen atoms in total. The molecule has 2 amide bonds. The Bertz CT molecular complexity index is 1010. The van der Waals surface area contributed by atoms with Crippen LogP contribution in [-0.4, -0.2) is 38.8 Å². The van der Waals surface area contributed by atoms with Gasteiger partial charge in [0, 0.05) is 24.4 Å². The molecule has 1 atom stereocenters. The Morgan fingerprint density at radius 3 is 2.73 bits per heavy atom. The second-order valence-corrected chi connectivity index (χ2v) is 6.73. The number of hydrogen-bond acceptors (Lipinski definition) is 4. The van der Waals surface area contributed by atoms with Crippen molar-refractivity contribution < 1.29 is 9.59 Å². The fourth-order valence-corrected chi connectivity index (χ4v) is 3.07. The van der Waals surface area contributed by atoms with Crippen LogP contribution in [0.4, 0.5) is 0 Å². The van der Waals surface area contributed by atoms with Crippen molar-refractivity contribution in [3.63, 3.8) is 0 Å². The van der Waals surface area contributed by atoms with Gasteiger partial charge in [-0.2, -0.15) is 5.10 Å². The molecule has 2 aromatic heterocycles. The van der Waals surface area contributed by atoms with E-state index in [2.05, 4.69) is 20.4 Å². The van der Waals surface area contributed by atoms with E-state index in [1.807, 2.05) is 26.8 Å². The van der Waals surface area contributed by atoms with Crippen LogP contribution in [0.5, 0.6) is 0 Å². The van der Waals surface area contributed by atoms with Crippen molar-refractivity contribution >= 4 is 28.6 Å². The zero-order valence-electron chi connectivity index (χ0n) is 15.2. The maximum absolute atomic E-state index is 12.6. The Balaban J connectivity index is 1.86. The lowest BCUT2D eigenvalue weighted by Gasteiger charge is -2.18.